The number of rotatable bonds is 14. The van der Waals surface area contributed by atoms with E-state index in [1.54, 1.807) is 14.2 Å². The number of methoxy groups -OCH3 is 2. The summed E-state index contributed by atoms with van der Waals surface area (Å²) in [4.78, 5) is 4.70. The second-order valence-corrected chi connectivity index (χ2v) is 8.97. The van der Waals surface area contributed by atoms with Gasteiger partial charge in [0, 0.05) is 44.5 Å². The van der Waals surface area contributed by atoms with Gasteiger partial charge in [-0.1, -0.05) is 30.3 Å². The van der Waals surface area contributed by atoms with Crippen LogP contribution >= 0.6 is 0 Å². The molecule has 0 unspecified atom stereocenters. The second kappa shape index (κ2) is 14.5. The minimum absolute atomic E-state index is 0.512. The molecule has 4 rings (SSSR count). The van der Waals surface area contributed by atoms with Crippen LogP contribution in [0.15, 0.2) is 72.8 Å². The van der Waals surface area contributed by atoms with Crippen molar-refractivity contribution in [1.29, 1.82) is 0 Å². The zero-order chi connectivity index (χ0) is 25.7. The molecule has 0 N–H and O–H groups in total. The van der Waals surface area contributed by atoms with Crippen LogP contribution in [0.5, 0.6) is 17.2 Å². The standard InChI is InChI=1S/C30H38N2O5/c1-33-28-9-3-6-25(20-28)23-32(24-26-7-4-10-29(21-26)34-2)27-8-5-11-30(22-27)37-19-18-36-17-14-31-12-15-35-16-13-31/h3-11,20-22H,12-19,23-24H2,1-2H3. The summed E-state index contributed by atoms with van der Waals surface area (Å²) < 4.78 is 28.1. The van der Waals surface area contributed by atoms with Gasteiger partial charge in [0.05, 0.1) is 40.6 Å². The topological polar surface area (TPSA) is 52.6 Å². The molecule has 1 aliphatic heterocycles. The third-order valence-corrected chi connectivity index (χ3v) is 6.35. The largest absolute Gasteiger partial charge is 0.497 e. The van der Waals surface area contributed by atoms with Crippen molar-refractivity contribution >= 4 is 5.69 Å². The fourth-order valence-electron chi connectivity index (χ4n) is 4.33. The predicted octanol–water partition coefficient (Wildman–Crippen LogP) is 4.64. The summed E-state index contributed by atoms with van der Waals surface area (Å²) in [7, 11) is 3.39. The third-order valence-electron chi connectivity index (χ3n) is 6.35. The van der Waals surface area contributed by atoms with Gasteiger partial charge in [-0.05, 0) is 47.5 Å². The lowest BCUT2D eigenvalue weighted by Gasteiger charge is -2.26. The highest BCUT2D eigenvalue weighted by Crippen LogP contribution is 2.26. The van der Waals surface area contributed by atoms with Crippen molar-refractivity contribution in [3.05, 3.63) is 83.9 Å². The number of hydrogen-bond acceptors (Lipinski definition) is 7. The normalized spacial score (nSPS) is 13.8. The van der Waals surface area contributed by atoms with E-state index < -0.39 is 0 Å². The van der Waals surface area contributed by atoms with Crippen LogP contribution in [-0.2, 0) is 22.6 Å². The Morgan fingerprint density at radius 2 is 1.35 bits per heavy atom. The molecule has 0 atom stereocenters. The van der Waals surface area contributed by atoms with Gasteiger partial charge in [-0.2, -0.15) is 0 Å². The van der Waals surface area contributed by atoms with Crippen LogP contribution in [0.1, 0.15) is 11.1 Å². The Balaban J connectivity index is 1.37. The summed E-state index contributed by atoms with van der Waals surface area (Å²) in [6.07, 6.45) is 0. The molecule has 198 valence electrons. The SMILES string of the molecule is COc1cccc(CN(Cc2cccc(OC)c2)c2cccc(OCCOCCN3CCOCC3)c2)c1. The van der Waals surface area contributed by atoms with Crippen molar-refractivity contribution in [1.82, 2.24) is 4.90 Å². The molecule has 1 aliphatic rings. The molecule has 37 heavy (non-hydrogen) atoms. The summed E-state index contributed by atoms with van der Waals surface area (Å²) in [6, 6.07) is 24.6. The highest BCUT2D eigenvalue weighted by atomic mass is 16.5. The van der Waals surface area contributed by atoms with Gasteiger partial charge in [0.1, 0.15) is 23.9 Å². The second-order valence-electron chi connectivity index (χ2n) is 8.97. The van der Waals surface area contributed by atoms with E-state index in [9.17, 15) is 0 Å². The Labute approximate surface area is 220 Å². The minimum atomic E-state index is 0.512. The van der Waals surface area contributed by atoms with E-state index in [-0.39, 0.29) is 0 Å². The summed E-state index contributed by atoms with van der Waals surface area (Å²) in [5.74, 6) is 2.53. The van der Waals surface area contributed by atoms with Gasteiger partial charge in [0.15, 0.2) is 0 Å². The molecule has 7 heteroatoms. The quantitative estimate of drug-likeness (QED) is 0.295. The average molecular weight is 507 g/mol. The van der Waals surface area contributed by atoms with Crippen LogP contribution < -0.4 is 19.1 Å². The lowest BCUT2D eigenvalue weighted by Crippen LogP contribution is -2.38. The molecule has 0 aliphatic carbocycles. The van der Waals surface area contributed by atoms with Crippen molar-refractivity contribution in [3.8, 4) is 17.2 Å². The molecule has 1 fully saturated rings. The Morgan fingerprint density at radius 3 is 2.00 bits per heavy atom. The number of anilines is 1. The molecule has 1 heterocycles. The maximum atomic E-state index is 6.04. The van der Waals surface area contributed by atoms with Crippen LogP contribution in [0.2, 0.25) is 0 Å². The molecular formula is C30H38N2O5. The van der Waals surface area contributed by atoms with Crippen molar-refractivity contribution in [2.24, 2.45) is 0 Å². The highest BCUT2D eigenvalue weighted by Gasteiger charge is 2.12. The van der Waals surface area contributed by atoms with E-state index in [0.717, 1.165) is 68.9 Å². The molecule has 0 radical (unpaired) electrons. The smallest absolute Gasteiger partial charge is 0.121 e. The van der Waals surface area contributed by atoms with E-state index in [1.807, 2.05) is 36.4 Å². The molecule has 1 saturated heterocycles. The lowest BCUT2D eigenvalue weighted by molar-refractivity contribution is 0.0170. The molecule has 0 saturated carbocycles. The number of nitrogens with zero attached hydrogens (tertiary/aromatic N) is 2. The average Bonchev–Trinajstić information content (AvgIpc) is 2.95. The fraction of sp³-hybridized carbons (Fsp3) is 0.400. The van der Waals surface area contributed by atoms with Crippen molar-refractivity contribution in [2.45, 2.75) is 13.1 Å². The van der Waals surface area contributed by atoms with E-state index in [4.69, 9.17) is 23.7 Å². The Bertz CT molecular complexity index is 1040. The molecule has 3 aromatic carbocycles. The highest BCUT2D eigenvalue weighted by molar-refractivity contribution is 5.52. The number of hydrogen-bond donors (Lipinski definition) is 0. The monoisotopic (exact) mass is 506 g/mol. The first-order valence-electron chi connectivity index (χ1n) is 12.8. The number of benzene rings is 3. The van der Waals surface area contributed by atoms with Gasteiger partial charge in [-0.3, -0.25) is 4.90 Å². The maximum Gasteiger partial charge on any atom is 0.121 e. The zero-order valence-corrected chi connectivity index (χ0v) is 21.9. The van der Waals surface area contributed by atoms with Gasteiger partial charge >= 0.3 is 0 Å². The molecule has 0 bridgehead atoms. The van der Waals surface area contributed by atoms with Gasteiger partial charge in [-0.15, -0.1) is 0 Å². The van der Waals surface area contributed by atoms with Crippen LogP contribution in [0.25, 0.3) is 0 Å². The first-order chi connectivity index (χ1) is 18.2. The fourth-order valence-corrected chi connectivity index (χ4v) is 4.33. The van der Waals surface area contributed by atoms with Crippen molar-refractivity contribution < 1.29 is 23.7 Å². The van der Waals surface area contributed by atoms with Crippen LogP contribution in [0.4, 0.5) is 5.69 Å². The van der Waals surface area contributed by atoms with E-state index in [1.165, 1.54) is 11.1 Å². The summed E-state index contributed by atoms with van der Waals surface area (Å²) >= 11 is 0. The van der Waals surface area contributed by atoms with Gasteiger partial charge in [-0.25, -0.2) is 0 Å². The number of morpholine rings is 1. The maximum absolute atomic E-state index is 6.04. The molecule has 7 nitrogen and oxygen atoms in total. The molecule has 0 amide bonds. The number of ether oxygens (including phenoxy) is 5. The molecule has 0 spiro atoms. The van der Waals surface area contributed by atoms with Crippen molar-refractivity contribution in [3.63, 3.8) is 0 Å². The van der Waals surface area contributed by atoms with E-state index in [0.29, 0.717) is 19.8 Å². The summed E-state index contributed by atoms with van der Waals surface area (Å²) in [6.45, 7) is 7.75. The molecule has 3 aromatic rings. The first-order valence-corrected chi connectivity index (χ1v) is 12.8. The minimum Gasteiger partial charge on any atom is -0.497 e. The zero-order valence-electron chi connectivity index (χ0n) is 21.9. The lowest BCUT2D eigenvalue weighted by atomic mass is 10.1. The molecular weight excluding hydrogens is 468 g/mol. The van der Waals surface area contributed by atoms with E-state index >= 15 is 0 Å². The first kappa shape index (κ1) is 26.8. The predicted molar refractivity (Wildman–Crippen MR) is 146 cm³/mol. The van der Waals surface area contributed by atoms with Gasteiger partial charge in [0.25, 0.3) is 0 Å². The van der Waals surface area contributed by atoms with Crippen LogP contribution in [0.3, 0.4) is 0 Å². The molecule has 0 aromatic heterocycles. The Kier molecular flexibility index (Phi) is 10.5. The Morgan fingerprint density at radius 1 is 0.730 bits per heavy atom. The Hall–Kier alpha value is -3.26. The van der Waals surface area contributed by atoms with E-state index in [2.05, 4.69) is 46.2 Å². The van der Waals surface area contributed by atoms with Crippen LogP contribution in [0, 0.1) is 0 Å². The van der Waals surface area contributed by atoms with Gasteiger partial charge < -0.3 is 28.6 Å². The third kappa shape index (κ3) is 8.67. The van der Waals surface area contributed by atoms with Crippen LogP contribution in [-0.4, -0.2) is 71.8 Å². The summed E-state index contributed by atoms with van der Waals surface area (Å²) in [5.41, 5.74) is 3.42. The van der Waals surface area contributed by atoms with Gasteiger partial charge in [0.2, 0.25) is 0 Å². The van der Waals surface area contributed by atoms with Crippen molar-refractivity contribution in [2.75, 3.05) is 71.8 Å². The summed E-state index contributed by atoms with van der Waals surface area (Å²) in [5, 5.41) is 0.